The number of alkyl halides is 1. The Labute approximate surface area is 91.8 Å². The molecule has 0 aromatic rings. The fourth-order valence-corrected chi connectivity index (χ4v) is 1.78. The van der Waals surface area contributed by atoms with Crippen LogP contribution in [0.4, 0.5) is 0 Å². The Morgan fingerprint density at radius 3 is 2.86 bits per heavy atom. The zero-order valence-corrected chi connectivity index (χ0v) is 9.54. The van der Waals surface area contributed by atoms with Crippen molar-refractivity contribution in [2.24, 2.45) is 11.8 Å². The predicted octanol–water partition coefficient (Wildman–Crippen LogP) is 3.40. The SMILES string of the molecule is CC1CC=CCC1COCC=CCCl. The lowest BCUT2D eigenvalue weighted by Crippen LogP contribution is -2.19. The summed E-state index contributed by atoms with van der Waals surface area (Å²) in [5, 5.41) is 0. The quantitative estimate of drug-likeness (QED) is 0.387. The molecule has 0 fully saturated rings. The highest BCUT2D eigenvalue weighted by molar-refractivity contribution is 6.18. The van der Waals surface area contributed by atoms with Crippen LogP contribution in [0.3, 0.4) is 0 Å². The number of hydrogen-bond donors (Lipinski definition) is 0. The Bertz CT molecular complexity index is 198. The third-order valence-corrected chi connectivity index (χ3v) is 2.90. The van der Waals surface area contributed by atoms with Gasteiger partial charge in [-0.1, -0.05) is 31.2 Å². The minimum Gasteiger partial charge on any atom is -0.377 e. The lowest BCUT2D eigenvalue weighted by atomic mass is 9.85. The number of ether oxygens (including phenoxy) is 1. The minimum atomic E-state index is 0.575. The first-order valence-corrected chi connectivity index (χ1v) is 5.81. The van der Waals surface area contributed by atoms with Gasteiger partial charge in [0.25, 0.3) is 0 Å². The Morgan fingerprint density at radius 2 is 2.14 bits per heavy atom. The van der Waals surface area contributed by atoms with Crippen LogP contribution >= 0.6 is 11.6 Å². The number of hydrogen-bond acceptors (Lipinski definition) is 1. The lowest BCUT2D eigenvalue weighted by molar-refractivity contribution is 0.0986. The van der Waals surface area contributed by atoms with E-state index >= 15 is 0 Å². The molecule has 14 heavy (non-hydrogen) atoms. The Balaban J connectivity index is 2.11. The molecule has 0 aromatic heterocycles. The molecule has 2 heteroatoms. The summed E-state index contributed by atoms with van der Waals surface area (Å²) in [7, 11) is 0. The lowest BCUT2D eigenvalue weighted by Gasteiger charge is -2.24. The summed E-state index contributed by atoms with van der Waals surface area (Å²) in [4.78, 5) is 0. The van der Waals surface area contributed by atoms with Crippen LogP contribution in [0.1, 0.15) is 19.8 Å². The fraction of sp³-hybridized carbons (Fsp3) is 0.667. The maximum Gasteiger partial charge on any atom is 0.0647 e. The van der Waals surface area contributed by atoms with E-state index in [1.807, 2.05) is 12.2 Å². The van der Waals surface area contributed by atoms with Gasteiger partial charge in [-0.3, -0.25) is 0 Å². The van der Waals surface area contributed by atoms with Crippen LogP contribution in [-0.4, -0.2) is 19.1 Å². The summed E-state index contributed by atoms with van der Waals surface area (Å²) in [5.74, 6) is 2.03. The smallest absolute Gasteiger partial charge is 0.0647 e. The second-order valence-electron chi connectivity index (χ2n) is 3.84. The molecule has 2 unspecified atom stereocenters. The molecule has 0 bridgehead atoms. The zero-order valence-electron chi connectivity index (χ0n) is 8.79. The first-order valence-electron chi connectivity index (χ1n) is 5.28. The van der Waals surface area contributed by atoms with Crippen molar-refractivity contribution in [2.45, 2.75) is 19.8 Å². The number of allylic oxidation sites excluding steroid dienone is 3. The van der Waals surface area contributed by atoms with E-state index in [0.29, 0.717) is 18.4 Å². The molecule has 0 radical (unpaired) electrons. The second kappa shape index (κ2) is 7.08. The van der Waals surface area contributed by atoms with Crippen LogP contribution in [0, 0.1) is 11.8 Å². The molecule has 0 amide bonds. The monoisotopic (exact) mass is 214 g/mol. The molecule has 2 atom stereocenters. The van der Waals surface area contributed by atoms with Gasteiger partial charge in [-0.2, -0.15) is 0 Å². The molecule has 1 aliphatic rings. The van der Waals surface area contributed by atoms with Gasteiger partial charge < -0.3 is 4.74 Å². The maximum atomic E-state index is 5.57. The van der Waals surface area contributed by atoms with E-state index in [9.17, 15) is 0 Å². The van der Waals surface area contributed by atoms with Crippen molar-refractivity contribution < 1.29 is 4.74 Å². The molecule has 1 nitrogen and oxygen atoms in total. The summed E-state index contributed by atoms with van der Waals surface area (Å²) in [6, 6.07) is 0. The van der Waals surface area contributed by atoms with E-state index in [0.717, 1.165) is 12.5 Å². The summed E-state index contributed by atoms with van der Waals surface area (Å²) in [5.41, 5.74) is 0. The molecule has 0 aromatic carbocycles. The van der Waals surface area contributed by atoms with Crippen molar-refractivity contribution in [3.63, 3.8) is 0 Å². The molecule has 0 heterocycles. The molecule has 0 aliphatic heterocycles. The van der Waals surface area contributed by atoms with Crippen molar-refractivity contribution in [1.82, 2.24) is 0 Å². The molecular weight excluding hydrogens is 196 g/mol. The molecule has 1 rings (SSSR count). The van der Waals surface area contributed by atoms with Crippen LogP contribution in [0.15, 0.2) is 24.3 Å². The van der Waals surface area contributed by atoms with Gasteiger partial charge in [-0.05, 0) is 24.7 Å². The third kappa shape index (κ3) is 4.30. The fourth-order valence-electron chi connectivity index (χ4n) is 1.66. The average Bonchev–Trinajstić information content (AvgIpc) is 2.20. The van der Waals surface area contributed by atoms with Crippen molar-refractivity contribution >= 4 is 11.6 Å². The van der Waals surface area contributed by atoms with Gasteiger partial charge in [-0.15, -0.1) is 11.6 Å². The number of rotatable bonds is 5. The van der Waals surface area contributed by atoms with Crippen molar-refractivity contribution in [3.05, 3.63) is 24.3 Å². The maximum absolute atomic E-state index is 5.57. The highest BCUT2D eigenvalue weighted by Crippen LogP contribution is 2.24. The van der Waals surface area contributed by atoms with E-state index in [2.05, 4.69) is 19.1 Å². The average molecular weight is 215 g/mol. The van der Waals surface area contributed by atoms with E-state index in [1.54, 1.807) is 0 Å². The highest BCUT2D eigenvalue weighted by atomic mass is 35.5. The van der Waals surface area contributed by atoms with Gasteiger partial charge in [-0.25, -0.2) is 0 Å². The van der Waals surface area contributed by atoms with Gasteiger partial charge in [0.1, 0.15) is 0 Å². The van der Waals surface area contributed by atoms with Gasteiger partial charge in [0.05, 0.1) is 13.2 Å². The number of halogens is 1. The summed E-state index contributed by atoms with van der Waals surface area (Å²) in [6.45, 7) is 3.86. The van der Waals surface area contributed by atoms with Crippen LogP contribution in [-0.2, 0) is 4.74 Å². The standard InChI is InChI=1S/C12H19ClO/c1-11-6-2-3-7-12(11)10-14-9-5-4-8-13/h2-5,11-12H,6-10H2,1H3. The topological polar surface area (TPSA) is 9.23 Å². The Kier molecular flexibility index (Phi) is 5.97. The van der Waals surface area contributed by atoms with Crippen LogP contribution < -0.4 is 0 Å². The van der Waals surface area contributed by atoms with Crippen molar-refractivity contribution in [3.8, 4) is 0 Å². The van der Waals surface area contributed by atoms with E-state index in [1.165, 1.54) is 12.8 Å². The Hall–Kier alpha value is -0.270. The van der Waals surface area contributed by atoms with Crippen LogP contribution in [0.5, 0.6) is 0 Å². The normalized spacial score (nSPS) is 27.3. The van der Waals surface area contributed by atoms with Gasteiger partial charge >= 0.3 is 0 Å². The summed E-state index contributed by atoms with van der Waals surface area (Å²) < 4.78 is 5.57. The minimum absolute atomic E-state index is 0.575. The van der Waals surface area contributed by atoms with E-state index < -0.39 is 0 Å². The third-order valence-electron chi connectivity index (χ3n) is 2.72. The molecular formula is C12H19ClO. The molecule has 0 saturated carbocycles. The van der Waals surface area contributed by atoms with Crippen LogP contribution in [0.2, 0.25) is 0 Å². The predicted molar refractivity (Wildman–Crippen MR) is 61.7 cm³/mol. The Morgan fingerprint density at radius 1 is 1.36 bits per heavy atom. The van der Waals surface area contributed by atoms with E-state index in [4.69, 9.17) is 16.3 Å². The van der Waals surface area contributed by atoms with Crippen molar-refractivity contribution in [1.29, 1.82) is 0 Å². The first-order chi connectivity index (χ1) is 6.84. The summed E-state index contributed by atoms with van der Waals surface area (Å²) >= 11 is 5.50. The van der Waals surface area contributed by atoms with E-state index in [-0.39, 0.29) is 0 Å². The molecule has 80 valence electrons. The molecule has 0 spiro atoms. The van der Waals surface area contributed by atoms with Gasteiger partial charge in [0.15, 0.2) is 0 Å². The molecule has 0 N–H and O–H groups in total. The molecule has 0 saturated heterocycles. The second-order valence-corrected chi connectivity index (χ2v) is 4.15. The highest BCUT2D eigenvalue weighted by Gasteiger charge is 2.17. The van der Waals surface area contributed by atoms with Gasteiger partial charge in [0.2, 0.25) is 0 Å². The van der Waals surface area contributed by atoms with Gasteiger partial charge in [0, 0.05) is 5.88 Å². The first kappa shape index (κ1) is 11.8. The van der Waals surface area contributed by atoms with Crippen LogP contribution in [0.25, 0.3) is 0 Å². The zero-order chi connectivity index (χ0) is 10.2. The largest absolute Gasteiger partial charge is 0.377 e. The molecule has 1 aliphatic carbocycles. The van der Waals surface area contributed by atoms with Crippen molar-refractivity contribution in [2.75, 3.05) is 19.1 Å². The summed E-state index contributed by atoms with van der Waals surface area (Å²) in [6.07, 6.45) is 10.8.